The van der Waals surface area contributed by atoms with Gasteiger partial charge in [-0.05, 0) is 26.3 Å². The second kappa shape index (κ2) is 6.48. The molecule has 2 rings (SSSR count). The van der Waals surface area contributed by atoms with Gasteiger partial charge in [0.25, 0.3) is 0 Å². The number of anilines is 1. The van der Waals surface area contributed by atoms with Gasteiger partial charge in [0.05, 0.1) is 5.69 Å². The van der Waals surface area contributed by atoms with Crippen molar-refractivity contribution in [3.63, 3.8) is 0 Å². The van der Waals surface area contributed by atoms with Crippen molar-refractivity contribution in [2.75, 3.05) is 19.0 Å². The van der Waals surface area contributed by atoms with E-state index >= 15 is 0 Å². The van der Waals surface area contributed by atoms with Crippen LogP contribution in [0.2, 0.25) is 0 Å². The third-order valence-electron chi connectivity index (χ3n) is 3.12. The monoisotopic (exact) mass is 271 g/mol. The van der Waals surface area contributed by atoms with Gasteiger partial charge in [-0.15, -0.1) is 0 Å². The Balaban J connectivity index is 2.44. The molecule has 0 atom stereocenters. The number of nitrogens with zero attached hydrogens (tertiary/aromatic N) is 2. The van der Waals surface area contributed by atoms with Crippen molar-refractivity contribution in [2.24, 2.45) is 0 Å². The summed E-state index contributed by atoms with van der Waals surface area (Å²) in [5, 5.41) is 3.08. The van der Waals surface area contributed by atoms with Crippen LogP contribution in [0.15, 0.2) is 24.3 Å². The van der Waals surface area contributed by atoms with Crippen LogP contribution in [0.25, 0.3) is 11.3 Å². The van der Waals surface area contributed by atoms with Crippen LogP contribution in [-0.2, 0) is 11.3 Å². The second-order valence-corrected chi connectivity index (χ2v) is 4.76. The number of hydrogen-bond acceptors (Lipinski definition) is 4. The second-order valence-electron chi connectivity index (χ2n) is 4.76. The number of rotatable bonds is 5. The number of nitrogens with one attached hydrogen (secondary N) is 1. The Morgan fingerprint density at radius 2 is 1.95 bits per heavy atom. The zero-order valence-corrected chi connectivity index (χ0v) is 12.5. The minimum Gasteiger partial charge on any atom is -0.374 e. The van der Waals surface area contributed by atoms with E-state index in [1.165, 1.54) is 11.1 Å². The first-order valence-corrected chi connectivity index (χ1v) is 6.85. The average molecular weight is 271 g/mol. The average Bonchev–Trinajstić information content (AvgIpc) is 2.44. The van der Waals surface area contributed by atoms with Crippen molar-refractivity contribution >= 4 is 5.82 Å². The maximum Gasteiger partial charge on any atom is 0.157 e. The predicted octanol–water partition coefficient (Wildman–Crippen LogP) is 3.34. The van der Waals surface area contributed by atoms with Crippen LogP contribution < -0.4 is 5.32 Å². The molecule has 0 aliphatic rings. The molecule has 0 spiro atoms. The van der Waals surface area contributed by atoms with Gasteiger partial charge in [-0.1, -0.05) is 23.8 Å². The SMILES string of the molecule is CCOCc1nc(NC)cc(-c2ccc(C)cc2C)n1. The molecule has 0 radical (unpaired) electrons. The molecule has 1 aromatic heterocycles. The fourth-order valence-electron chi connectivity index (χ4n) is 2.12. The topological polar surface area (TPSA) is 47.0 Å². The molecule has 0 aliphatic heterocycles. The van der Waals surface area contributed by atoms with E-state index in [0.717, 1.165) is 17.1 Å². The summed E-state index contributed by atoms with van der Waals surface area (Å²) in [6.07, 6.45) is 0. The van der Waals surface area contributed by atoms with E-state index in [1.807, 2.05) is 20.0 Å². The van der Waals surface area contributed by atoms with Gasteiger partial charge in [-0.25, -0.2) is 9.97 Å². The highest BCUT2D eigenvalue weighted by molar-refractivity contribution is 5.66. The van der Waals surface area contributed by atoms with Gasteiger partial charge in [-0.3, -0.25) is 0 Å². The van der Waals surface area contributed by atoms with Gasteiger partial charge < -0.3 is 10.1 Å². The highest BCUT2D eigenvalue weighted by Gasteiger charge is 2.08. The van der Waals surface area contributed by atoms with Crippen molar-refractivity contribution in [1.82, 2.24) is 9.97 Å². The van der Waals surface area contributed by atoms with Crippen LogP contribution in [0.4, 0.5) is 5.82 Å². The van der Waals surface area contributed by atoms with Gasteiger partial charge in [0.15, 0.2) is 5.82 Å². The van der Waals surface area contributed by atoms with Gasteiger partial charge >= 0.3 is 0 Å². The van der Waals surface area contributed by atoms with E-state index < -0.39 is 0 Å². The Kier molecular flexibility index (Phi) is 4.69. The first-order chi connectivity index (χ1) is 9.63. The molecule has 0 saturated carbocycles. The van der Waals surface area contributed by atoms with Gasteiger partial charge in [0.1, 0.15) is 12.4 Å². The van der Waals surface area contributed by atoms with Crippen LogP contribution in [-0.4, -0.2) is 23.6 Å². The molecule has 4 heteroatoms. The molecule has 1 aromatic carbocycles. The molecule has 1 heterocycles. The molecule has 20 heavy (non-hydrogen) atoms. The Bertz CT molecular complexity index is 596. The smallest absolute Gasteiger partial charge is 0.157 e. The quantitative estimate of drug-likeness (QED) is 0.906. The van der Waals surface area contributed by atoms with Crippen LogP contribution in [0.3, 0.4) is 0 Å². The summed E-state index contributed by atoms with van der Waals surface area (Å²) in [4.78, 5) is 9.02. The fourth-order valence-corrected chi connectivity index (χ4v) is 2.12. The number of aromatic nitrogens is 2. The van der Waals surface area contributed by atoms with Crippen molar-refractivity contribution in [3.05, 3.63) is 41.2 Å². The molecule has 106 valence electrons. The highest BCUT2D eigenvalue weighted by Crippen LogP contribution is 2.24. The minimum atomic E-state index is 0.434. The van der Waals surface area contributed by atoms with Crippen molar-refractivity contribution in [2.45, 2.75) is 27.4 Å². The summed E-state index contributed by atoms with van der Waals surface area (Å²) in [6.45, 7) is 7.25. The molecular weight excluding hydrogens is 250 g/mol. The van der Waals surface area contributed by atoms with Crippen molar-refractivity contribution in [1.29, 1.82) is 0 Å². The molecule has 0 unspecified atom stereocenters. The molecule has 0 aliphatic carbocycles. The lowest BCUT2D eigenvalue weighted by Crippen LogP contribution is -2.04. The van der Waals surface area contributed by atoms with Gasteiger partial charge in [0, 0.05) is 25.3 Å². The molecule has 0 amide bonds. The van der Waals surface area contributed by atoms with E-state index in [9.17, 15) is 0 Å². The summed E-state index contributed by atoms with van der Waals surface area (Å²) in [7, 11) is 1.86. The standard InChI is InChI=1S/C16H21N3O/c1-5-20-10-16-18-14(9-15(17-4)19-16)13-7-6-11(2)8-12(13)3/h6-9H,5,10H2,1-4H3,(H,17,18,19). The first-order valence-electron chi connectivity index (χ1n) is 6.85. The third kappa shape index (κ3) is 3.33. The Morgan fingerprint density at radius 3 is 2.60 bits per heavy atom. The minimum absolute atomic E-state index is 0.434. The summed E-state index contributed by atoms with van der Waals surface area (Å²) in [6, 6.07) is 8.34. The summed E-state index contributed by atoms with van der Waals surface area (Å²) in [5.41, 5.74) is 4.53. The molecule has 1 N–H and O–H groups in total. The van der Waals surface area contributed by atoms with Gasteiger partial charge in [-0.2, -0.15) is 0 Å². The number of aryl methyl sites for hydroxylation is 2. The molecular formula is C16H21N3O. The van der Waals surface area contributed by atoms with E-state index in [4.69, 9.17) is 4.74 Å². The van der Waals surface area contributed by atoms with Crippen LogP contribution in [0.1, 0.15) is 23.9 Å². The van der Waals surface area contributed by atoms with Crippen LogP contribution >= 0.6 is 0 Å². The van der Waals surface area contributed by atoms with Crippen molar-refractivity contribution in [3.8, 4) is 11.3 Å². The molecule has 2 aromatic rings. The molecule has 4 nitrogen and oxygen atoms in total. The lowest BCUT2D eigenvalue weighted by Gasteiger charge is -2.10. The lowest BCUT2D eigenvalue weighted by atomic mass is 10.0. The first kappa shape index (κ1) is 14.5. The Hall–Kier alpha value is -1.94. The highest BCUT2D eigenvalue weighted by atomic mass is 16.5. The fraction of sp³-hybridized carbons (Fsp3) is 0.375. The van der Waals surface area contributed by atoms with E-state index in [0.29, 0.717) is 19.0 Å². The van der Waals surface area contributed by atoms with E-state index in [1.54, 1.807) is 0 Å². The van der Waals surface area contributed by atoms with Crippen molar-refractivity contribution < 1.29 is 4.74 Å². The summed E-state index contributed by atoms with van der Waals surface area (Å²) >= 11 is 0. The Labute approximate surface area is 120 Å². The Morgan fingerprint density at radius 1 is 1.15 bits per heavy atom. The predicted molar refractivity (Wildman–Crippen MR) is 81.8 cm³/mol. The third-order valence-corrected chi connectivity index (χ3v) is 3.12. The number of hydrogen-bond donors (Lipinski definition) is 1. The molecule has 0 fully saturated rings. The van der Waals surface area contributed by atoms with E-state index in [2.05, 4.69) is 47.3 Å². The lowest BCUT2D eigenvalue weighted by molar-refractivity contribution is 0.128. The van der Waals surface area contributed by atoms with E-state index in [-0.39, 0.29) is 0 Å². The number of benzene rings is 1. The van der Waals surface area contributed by atoms with Gasteiger partial charge in [0.2, 0.25) is 0 Å². The summed E-state index contributed by atoms with van der Waals surface area (Å²) < 4.78 is 5.41. The molecule has 0 bridgehead atoms. The van der Waals surface area contributed by atoms with Crippen LogP contribution in [0.5, 0.6) is 0 Å². The maximum absolute atomic E-state index is 5.41. The summed E-state index contributed by atoms with van der Waals surface area (Å²) in [5.74, 6) is 1.51. The number of ether oxygens (including phenoxy) is 1. The molecule has 0 saturated heterocycles. The largest absolute Gasteiger partial charge is 0.374 e. The zero-order valence-electron chi connectivity index (χ0n) is 12.5. The normalized spacial score (nSPS) is 10.6. The maximum atomic E-state index is 5.41. The van der Waals surface area contributed by atoms with Crippen LogP contribution in [0, 0.1) is 13.8 Å². The zero-order chi connectivity index (χ0) is 14.5.